The molecule has 0 amide bonds. The lowest BCUT2D eigenvalue weighted by Gasteiger charge is -2.17. The van der Waals surface area contributed by atoms with Crippen molar-refractivity contribution in [1.82, 2.24) is 10.2 Å². The Kier molecular flexibility index (Phi) is 5.83. The van der Waals surface area contributed by atoms with Crippen LogP contribution in [-0.2, 0) is 0 Å². The van der Waals surface area contributed by atoms with Crippen LogP contribution in [0, 0.1) is 10.2 Å². The Bertz CT molecular complexity index is 1080. The summed E-state index contributed by atoms with van der Waals surface area (Å²) in [5.74, 6) is 0.839. The van der Waals surface area contributed by atoms with Gasteiger partial charge in [-0.3, -0.25) is 0 Å². The number of methoxy groups -OCH3 is 1. The van der Waals surface area contributed by atoms with Crippen LogP contribution in [0.15, 0.2) is 66.9 Å². The van der Waals surface area contributed by atoms with Crippen LogP contribution < -0.4 is 33.1 Å². The average Bonchev–Trinajstić information content (AvgIpc) is 2.67. The number of halogens is 1. The van der Waals surface area contributed by atoms with E-state index in [4.69, 9.17) is 23.4 Å². The van der Waals surface area contributed by atoms with E-state index in [0.29, 0.717) is 0 Å². The smallest absolute Gasteiger partial charge is 0.355 e. The molecule has 4 aromatic rings. The largest absolute Gasteiger partial charge is 0.497 e. The molecule has 0 bridgehead atoms. The molecular weight excluding hydrogens is 388 g/mol. The number of pyridine rings is 1. The van der Waals surface area contributed by atoms with Crippen molar-refractivity contribution in [2.75, 3.05) is 12.4 Å². The number of anilines is 2. The van der Waals surface area contributed by atoms with Crippen molar-refractivity contribution in [3.05, 3.63) is 66.9 Å². The van der Waals surface area contributed by atoms with Crippen LogP contribution in [0.4, 0.5) is 11.4 Å². The zero-order valence-electron chi connectivity index (χ0n) is 14.6. The number of ether oxygens (including phenoxy) is 1. The Hall–Kier alpha value is -3.08. The zero-order chi connectivity index (χ0) is 20.1. The Morgan fingerprint density at radius 2 is 1.57 bits per heavy atom. The molecule has 2 aromatic carbocycles. The molecule has 2 heterocycles. The van der Waals surface area contributed by atoms with Crippen molar-refractivity contribution in [2.45, 2.75) is 0 Å². The van der Waals surface area contributed by atoms with Crippen LogP contribution in [0.25, 0.3) is 16.7 Å². The topological polar surface area (TPSA) is 143 Å². The first-order chi connectivity index (χ1) is 13.3. The van der Waals surface area contributed by atoms with Crippen LogP contribution in [0.5, 0.6) is 5.75 Å². The van der Waals surface area contributed by atoms with Crippen LogP contribution in [0.1, 0.15) is 0 Å². The Labute approximate surface area is 161 Å². The number of benzene rings is 2. The molecule has 0 aliphatic heterocycles. The molecule has 0 aliphatic rings. The maximum absolute atomic E-state index is 8.49. The first-order valence-corrected chi connectivity index (χ1v) is 9.16. The standard InChI is InChI=1S/C18H14N4O.ClHO4/c1-23-15-8-5-13(6-9-15)19-14-7-10-16-17(12-14)22-11-3-2-4-18(22)21-20-16;2-1(3,4)5/h2-12H,1H3;(H,2,3,4,5). The number of rotatable bonds is 3. The number of aromatic nitrogens is 3. The number of hydrogen-bond acceptors (Lipinski definition) is 8. The second kappa shape index (κ2) is 8.30. The van der Waals surface area contributed by atoms with E-state index in [-0.39, 0.29) is 0 Å². The summed E-state index contributed by atoms with van der Waals surface area (Å²) in [6, 6.07) is 19.7. The molecule has 10 heteroatoms. The highest BCUT2D eigenvalue weighted by Gasteiger charge is 2.10. The maximum Gasteiger partial charge on any atom is 0.355 e. The van der Waals surface area contributed by atoms with Gasteiger partial charge in [-0.2, -0.15) is 4.40 Å². The summed E-state index contributed by atoms with van der Waals surface area (Å²) in [7, 11) is -3.28. The molecule has 0 saturated carbocycles. The van der Waals surface area contributed by atoms with Gasteiger partial charge < -0.3 is 10.1 Å². The normalized spacial score (nSPS) is 11.0. The Morgan fingerprint density at radius 3 is 2.25 bits per heavy atom. The van der Waals surface area contributed by atoms with Crippen molar-refractivity contribution >= 4 is 28.1 Å². The highest BCUT2D eigenvalue weighted by Crippen LogP contribution is 2.21. The van der Waals surface area contributed by atoms with Crippen molar-refractivity contribution in [2.24, 2.45) is 0 Å². The Balaban J connectivity index is 0.000000403. The summed E-state index contributed by atoms with van der Waals surface area (Å²) < 4.78 is 41.2. The van der Waals surface area contributed by atoms with Crippen LogP contribution in [0.2, 0.25) is 0 Å². The molecule has 2 aromatic heterocycles. The van der Waals surface area contributed by atoms with E-state index in [0.717, 1.165) is 33.8 Å². The molecule has 0 aliphatic carbocycles. The van der Waals surface area contributed by atoms with E-state index < -0.39 is 10.2 Å². The molecule has 0 radical (unpaired) electrons. The first-order valence-electron chi connectivity index (χ1n) is 7.93. The van der Waals surface area contributed by atoms with Gasteiger partial charge in [0.15, 0.2) is 11.0 Å². The molecule has 144 valence electrons. The van der Waals surface area contributed by atoms with Gasteiger partial charge in [0.05, 0.1) is 18.4 Å². The number of fused-ring (bicyclic) bond motifs is 3. The quantitative estimate of drug-likeness (QED) is 0.317. The molecule has 1 N–H and O–H groups in total. The summed E-state index contributed by atoms with van der Waals surface area (Å²) in [4.78, 5) is 0. The molecule has 0 spiro atoms. The van der Waals surface area contributed by atoms with Gasteiger partial charge in [-0.15, -0.1) is 10.2 Å². The van der Waals surface area contributed by atoms with Crippen LogP contribution in [-0.4, -0.2) is 17.3 Å². The summed E-state index contributed by atoms with van der Waals surface area (Å²) in [5, 5.41) is 11.9. The van der Waals surface area contributed by atoms with Gasteiger partial charge in [0.2, 0.25) is 0 Å². The summed E-state index contributed by atoms with van der Waals surface area (Å²) in [6.07, 6.45) is 1.99. The second-order valence-corrected chi connectivity index (χ2v) is 6.32. The average molecular weight is 403 g/mol. The first kappa shape index (κ1) is 19.7. The monoisotopic (exact) mass is 402 g/mol. The van der Waals surface area contributed by atoms with Gasteiger partial charge >= 0.3 is 5.65 Å². The van der Waals surface area contributed by atoms with Gasteiger partial charge in [0, 0.05) is 23.5 Å². The molecule has 28 heavy (non-hydrogen) atoms. The highest BCUT2D eigenvalue weighted by atomic mass is 35.7. The number of hydrogen-bond donors (Lipinski definition) is 1. The van der Waals surface area contributed by atoms with E-state index >= 15 is 0 Å². The molecular formula is C18H15ClN4O5. The zero-order valence-corrected chi connectivity index (χ0v) is 15.4. The SMILES string of the molecule is COc1ccc(Nc2ccc3nnc4cccc[n+]4c3c2)cc1.[O-][Cl+3]([O-])([O-])[O-]. The van der Waals surface area contributed by atoms with Crippen molar-refractivity contribution in [1.29, 1.82) is 0 Å². The molecule has 0 atom stereocenters. The minimum Gasteiger partial charge on any atom is -0.497 e. The minimum atomic E-state index is -4.94. The summed E-state index contributed by atoms with van der Waals surface area (Å²) in [5.41, 5.74) is 4.68. The highest BCUT2D eigenvalue weighted by molar-refractivity contribution is 5.77. The fourth-order valence-electron chi connectivity index (χ4n) is 2.54. The minimum absolute atomic E-state index is 0.821. The van der Waals surface area contributed by atoms with Crippen LogP contribution >= 0.6 is 0 Å². The molecule has 0 unspecified atom stereocenters. The lowest BCUT2D eigenvalue weighted by Crippen LogP contribution is -2.68. The third kappa shape index (κ3) is 5.22. The van der Waals surface area contributed by atoms with E-state index in [2.05, 4.69) is 21.6 Å². The van der Waals surface area contributed by atoms with Crippen molar-refractivity contribution in [3.8, 4) is 5.75 Å². The van der Waals surface area contributed by atoms with E-state index in [1.54, 1.807) is 7.11 Å². The van der Waals surface area contributed by atoms with Gasteiger partial charge in [-0.05, 0) is 47.6 Å². The van der Waals surface area contributed by atoms with Crippen LogP contribution in [0.3, 0.4) is 0 Å². The lowest BCUT2D eigenvalue weighted by molar-refractivity contribution is -2.00. The van der Waals surface area contributed by atoms with Crippen molar-refractivity contribution in [3.63, 3.8) is 0 Å². The molecule has 4 rings (SSSR count). The molecule has 9 nitrogen and oxygen atoms in total. The third-order valence-corrected chi connectivity index (χ3v) is 3.71. The predicted molar refractivity (Wildman–Crippen MR) is 89.0 cm³/mol. The lowest BCUT2D eigenvalue weighted by atomic mass is 10.2. The maximum atomic E-state index is 8.49. The predicted octanol–water partition coefficient (Wildman–Crippen LogP) is -1.64. The summed E-state index contributed by atoms with van der Waals surface area (Å²) in [6.45, 7) is 0. The number of nitrogens with one attached hydrogen (secondary N) is 1. The van der Waals surface area contributed by atoms with Crippen molar-refractivity contribution < 1.29 is 38.0 Å². The summed E-state index contributed by atoms with van der Waals surface area (Å²) >= 11 is 0. The van der Waals surface area contributed by atoms with E-state index in [9.17, 15) is 0 Å². The molecule has 0 fully saturated rings. The Morgan fingerprint density at radius 1 is 0.893 bits per heavy atom. The molecule has 0 saturated heterocycles. The van der Waals surface area contributed by atoms with Gasteiger partial charge in [0.25, 0.3) is 0 Å². The van der Waals surface area contributed by atoms with Gasteiger partial charge in [-0.25, -0.2) is 18.6 Å². The fraction of sp³-hybridized carbons (Fsp3) is 0.0556. The second-order valence-electron chi connectivity index (χ2n) is 5.56. The van der Waals surface area contributed by atoms with E-state index in [1.807, 2.05) is 65.2 Å². The number of nitrogens with zero attached hydrogens (tertiary/aromatic N) is 3. The third-order valence-electron chi connectivity index (χ3n) is 3.71. The van der Waals surface area contributed by atoms with Gasteiger partial charge in [0.1, 0.15) is 5.75 Å². The van der Waals surface area contributed by atoms with E-state index in [1.165, 1.54) is 0 Å². The fourth-order valence-corrected chi connectivity index (χ4v) is 2.54. The van der Waals surface area contributed by atoms with Gasteiger partial charge in [-0.1, -0.05) is 6.07 Å².